The maximum absolute atomic E-state index is 5.40. The predicted molar refractivity (Wildman–Crippen MR) is 97.3 cm³/mol. The van der Waals surface area contributed by atoms with E-state index in [-0.39, 0.29) is 0 Å². The summed E-state index contributed by atoms with van der Waals surface area (Å²) < 4.78 is 5.40. The first-order valence-electron chi connectivity index (χ1n) is 8.18. The van der Waals surface area contributed by atoms with Crippen LogP contribution in [-0.4, -0.2) is 41.2 Å². The number of anilines is 1. The van der Waals surface area contributed by atoms with Gasteiger partial charge in [-0.25, -0.2) is 9.97 Å². The van der Waals surface area contributed by atoms with Crippen LogP contribution in [0.4, 0.5) is 5.82 Å². The third-order valence-corrected chi connectivity index (χ3v) is 5.08. The van der Waals surface area contributed by atoms with Gasteiger partial charge in [-0.1, -0.05) is 24.3 Å². The van der Waals surface area contributed by atoms with Crippen molar-refractivity contribution in [1.29, 1.82) is 0 Å². The molecule has 1 fully saturated rings. The van der Waals surface area contributed by atoms with Crippen molar-refractivity contribution in [2.24, 2.45) is 0 Å². The fourth-order valence-electron chi connectivity index (χ4n) is 2.90. The number of nitrogens with one attached hydrogen (secondary N) is 1. The third-order valence-electron chi connectivity index (χ3n) is 4.25. The molecule has 5 nitrogen and oxygen atoms in total. The van der Waals surface area contributed by atoms with E-state index >= 15 is 0 Å². The van der Waals surface area contributed by atoms with Crippen LogP contribution in [0.15, 0.2) is 42.0 Å². The average Bonchev–Trinajstić information content (AvgIpc) is 3.11. The van der Waals surface area contributed by atoms with E-state index in [4.69, 9.17) is 4.74 Å². The molecule has 0 bridgehead atoms. The van der Waals surface area contributed by atoms with Crippen molar-refractivity contribution < 1.29 is 4.74 Å². The second kappa shape index (κ2) is 7.25. The van der Waals surface area contributed by atoms with E-state index < -0.39 is 0 Å². The molecule has 0 spiro atoms. The molecular formula is C18H20N4OS. The van der Waals surface area contributed by atoms with Crippen molar-refractivity contribution in [3.63, 3.8) is 0 Å². The molecule has 0 radical (unpaired) electrons. The maximum Gasteiger partial charge on any atom is 0.138 e. The van der Waals surface area contributed by atoms with Crippen LogP contribution in [0.2, 0.25) is 0 Å². The smallest absolute Gasteiger partial charge is 0.138 e. The fourth-order valence-corrected chi connectivity index (χ4v) is 3.63. The van der Waals surface area contributed by atoms with Gasteiger partial charge in [-0.3, -0.25) is 4.90 Å². The van der Waals surface area contributed by atoms with Crippen LogP contribution < -0.4 is 5.32 Å². The molecule has 1 aliphatic rings. The highest BCUT2D eigenvalue weighted by Gasteiger charge is 2.10. The topological polar surface area (TPSA) is 50.3 Å². The molecule has 1 N–H and O–H groups in total. The second-order valence-corrected chi connectivity index (χ2v) is 6.81. The number of morpholine rings is 1. The molecule has 2 aromatic heterocycles. The van der Waals surface area contributed by atoms with E-state index in [1.165, 1.54) is 11.1 Å². The summed E-state index contributed by atoms with van der Waals surface area (Å²) in [7, 11) is 0. The van der Waals surface area contributed by atoms with Crippen molar-refractivity contribution in [2.75, 3.05) is 31.6 Å². The Labute approximate surface area is 145 Å². The monoisotopic (exact) mass is 340 g/mol. The first-order valence-corrected chi connectivity index (χ1v) is 9.06. The van der Waals surface area contributed by atoms with Crippen LogP contribution in [0.25, 0.3) is 10.2 Å². The highest BCUT2D eigenvalue weighted by Crippen LogP contribution is 2.24. The SMILES string of the molecule is c1nc(NCc2ccc(CN3CCOCC3)cc2)c2ccsc2n1. The van der Waals surface area contributed by atoms with E-state index in [2.05, 4.69) is 50.5 Å². The van der Waals surface area contributed by atoms with E-state index in [0.29, 0.717) is 0 Å². The van der Waals surface area contributed by atoms with Crippen LogP contribution in [0.1, 0.15) is 11.1 Å². The predicted octanol–water partition coefficient (Wildman–Crippen LogP) is 3.14. The fraction of sp³-hybridized carbons (Fsp3) is 0.333. The van der Waals surface area contributed by atoms with Gasteiger partial charge in [0, 0.05) is 26.2 Å². The molecular weight excluding hydrogens is 320 g/mol. The van der Waals surface area contributed by atoms with E-state index in [9.17, 15) is 0 Å². The van der Waals surface area contributed by atoms with Gasteiger partial charge < -0.3 is 10.1 Å². The number of hydrogen-bond donors (Lipinski definition) is 1. The van der Waals surface area contributed by atoms with Crippen LogP contribution in [0, 0.1) is 0 Å². The van der Waals surface area contributed by atoms with Crippen LogP contribution in [0.3, 0.4) is 0 Å². The Bertz CT molecular complexity index is 796. The van der Waals surface area contributed by atoms with Gasteiger partial charge in [0.15, 0.2) is 0 Å². The Kier molecular flexibility index (Phi) is 4.69. The van der Waals surface area contributed by atoms with Gasteiger partial charge in [-0.15, -0.1) is 11.3 Å². The van der Waals surface area contributed by atoms with E-state index in [1.807, 2.05) is 5.38 Å². The van der Waals surface area contributed by atoms with Crippen molar-refractivity contribution in [1.82, 2.24) is 14.9 Å². The maximum atomic E-state index is 5.40. The van der Waals surface area contributed by atoms with Gasteiger partial charge in [0.25, 0.3) is 0 Å². The summed E-state index contributed by atoms with van der Waals surface area (Å²) in [6.07, 6.45) is 1.62. The van der Waals surface area contributed by atoms with Crippen molar-refractivity contribution >= 4 is 27.4 Å². The number of benzene rings is 1. The zero-order valence-electron chi connectivity index (χ0n) is 13.4. The summed E-state index contributed by atoms with van der Waals surface area (Å²) in [5.74, 6) is 0.902. The summed E-state index contributed by atoms with van der Waals surface area (Å²) >= 11 is 1.64. The molecule has 1 aromatic carbocycles. The number of ether oxygens (including phenoxy) is 1. The summed E-state index contributed by atoms with van der Waals surface area (Å²) in [5, 5.41) is 6.56. The van der Waals surface area contributed by atoms with Gasteiger partial charge in [0.05, 0.1) is 18.6 Å². The summed E-state index contributed by atoms with van der Waals surface area (Å²) in [6.45, 7) is 5.50. The summed E-state index contributed by atoms with van der Waals surface area (Å²) in [5.41, 5.74) is 2.60. The lowest BCUT2D eigenvalue weighted by Gasteiger charge is -2.26. The molecule has 0 amide bonds. The molecule has 0 aliphatic carbocycles. The van der Waals surface area contributed by atoms with Gasteiger partial charge in [0.1, 0.15) is 17.0 Å². The lowest BCUT2D eigenvalue weighted by Crippen LogP contribution is -2.35. The highest BCUT2D eigenvalue weighted by molar-refractivity contribution is 7.16. The number of hydrogen-bond acceptors (Lipinski definition) is 6. The van der Waals surface area contributed by atoms with Gasteiger partial charge >= 0.3 is 0 Å². The Balaban J connectivity index is 1.37. The van der Waals surface area contributed by atoms with Crippen molar-refractivity contribution in [3.05, 3.63) is 53.2 Å². The number of rotatable bonds is 5. The molecule has 24 heavy (non-hydrogen) atoms. The zero-order chi connectivity index (χ0) is 16.2. The van der Waals surface area contributed by atoms with Crippen molar-refractivity contribution in [3.8, 4) is 0 Å². The molecule has 3 aromatic rings. The average molecular weight is 340 g/mol. The Morgan fingerprint density at radius 1 is 1.04 bits per heavy atom. The zero-order valence-corrected chi connectivity index (χ0v) is 14.3. The molecule has 0 atom stereocenters. The lowest BCUT2D eigenvalue weighted by atomic mass is 10.1. The largest absolute Gasteiger partial charge is 0.379 e. The molecule has 6 heteroatoms. The molecule has 1 aliphatic heterocycles. The minimum Gasteiger partial charge on any atom is -0.379 e. The third kappa shape index (κ3) is 3.56. The van der Waals surface area contributed by atoms with Gasteiger partial charge in [-0.05, 0) is 22.6 Å². The van der Waals surface area contributed by atoms with Crippen LogP contribution in [0.5, 0.6) is 0 Å². The molecule has 0 unspecified atom stereocenters. The lowest BCUT2D eigenvalue weighted by molar-refractivity contribution is 0.0342. The van der Waals surface area contributed by atoms with Crippen LogP contribution >= 0.6 is 11.3 Å². The van der Waals surface area contributed by atoms with E-state index in [1.54, 1.807) is 17.7 Å². The van der Waals surface area contributed by atoms with Gasteiger partial charge in [-0.2, -0.15) is 0 Å². The Hall–Kier alpha value is -2.02. The Morgan fingerprint density at radius 2 is 1.83 bits per heavy atom. The van der Waals surface area contributed by atoms with E-state index in [0.717, 1.165) is 55.4 Å². The highest BCUT2D eigenvalue weighted by atomic mass is 32.1. The molecule has 1 saturated heterocycles. The molecule has 4 rings (SSSR count). The molecule has 3 heterocycles. The number of fused-ring (bicyclic) bond motifs is 1. The first kappa shape index (κ1) is 15.5. The van der Waals surface area contributed by atoms with Gasteiger partial charge in [0.2, 0.25) is 0 Å². The first-order chi connectivity index (χ1) is 11.9. The minimum absolute atomic E-state index is 0.764. The minimum atomic E-state index is 0.764. The quantitative estimate of drug-likeness (QED) is 0.773. The molecule has 124 valence electrons. The Morgan fingerprint density at radius 3 is 2.67 bits per heavy atom. The standard InChI is InChI=1S/C18H20N4OS/c1-3-15(12-22-6-8-23-9-7-22)4-2-14(1)11-19-17-16-5-10-24-18(16)21-13-20-17/h1-5,10,13H,6-9,11-12H2,(H,19,20,21). The number of thiophene rings is 1. The van der Waals surface area contributed by atoms with Crippen molar-refractivity contribution in [2.45, 2.75) is 13.1 Å². The summed E-state index contributed by atoms with van der Waals surface area (Å²) in [4.78, 5) is 12.1. The number of aromatic nitrogens is 2. The number of nitrogens with zero attached hydrogens (tertiary/aromatic N) is 3. The second-order valence-electron chi connectivity index (χ2n) is 5.92. The normalized spacial score (nSPS) is 15.7. The van der Waals surface area contributed by atoms with Crippen LogP contribution in [-0.2, 0) is 17.8 Å². The summed E-state index contributed by atoms with van der Waals surface area (Å²) in [6, 6.07) is 10.9. The molecule has 0 saturated carbocycles.